The van der Waals surface area contributed by atoms with E-state index in [1.807, 2.05) is 81.4 Å². The Morgan fingerprint density at radius 2 is 1.58 bits per heavy atom. The van der Waals surface area contributed by atoms with Gasteiger partial charge in [0.1, 0.15) is 12.4 Å². The molecule has 0 unspecified atom stereocenters. The number of aromatic nitrogens is 2. The molecule has 0 fully saturated rings. The number of hydrogen-bond acceptors (Lipinski definition) is 6. The maximum Gasteiger partial charge on any atom is 0.282 e. The SMILES string of the molecule is CCOc1cc(C)c(-c2nc3ccccc3c(=O)n2N=Cc2cc(OCC)c(OCc3ccccc3)c(Br)c2Br)cc1C(C)C. The number of rotatable bonds is 11. The van der Waals surface area contributed by atoms with Crippen molar-refractivity contribution in [1.82, 2.24) is 9.66 Å². The zero-order valence-electron chi connectivity index (χ0n) is 25.9. The number of fused-ring (bicyclic) bond motifs is 1. The molecular formula is C36H35Br2N3O4. The number of halogens is 2. The summed E-state index contributed by atoms with van der Waals surface area (Å²) in [7, 11) is 0. The lowest BCUT2D eigenvalue weighted by Crippen LogP contribution is -2.21. The molecule has 0 aliphatic carbocycles. The number of nitrogens with zero attached hydrogens (tertiary/aromatic N) is 3. The summed E-state index contributed by atoms with van der Waals surface area (Å²) in [6.45, 7) is 11.5. The molecule has 0 spiro atoms. The topological polar surface area (TPSA) is 74.9 Å². The summed E-state index contributed by atoms with van der Waals surface area (Å²) in [4.78, 5) is 18.9. The average molecular weight is 734 g/mol. The van der Waals surface area contributed by atoms with Crippen molar-refractivity contribution in [3.8, 4) is 28.6 Å². The van der Waals surface area contributed by atoms with E-state index >= 15 is 0 Å². The van der Waals surface area contributed by atoms with Crippen molar-refractivity contribution in [2.45, 2.75) is 47.1 Å². The molecule has 0 saturated carbocycles. The number of para-hydroxylation sites is 1. The van der Waals surface area contributed by atoms with Crippen LogP contribution in [-0.2, 0) is 6.61 Å². The first-order valence-corrected chi connectivity index (χ1v) is 16.5. The molecule has 5 aromatic rings. The Labute approximate surface area is 280 Å². The van der Waals surface area contributed by atoms with Gasteiger partial charge in [-0.2, -0.15) is 9.78 Å². The third kappa shape index (κ3) is 6.99. The number of hydrogen-bond donors (Lipinski definition) is 0. The van der Waals surface area contributed by atoms with Crippen LogP contribution in [0.25, 0.3) is 22.3 Å². The molecule has 0 bridgehead atoms. The van der Waals surface area contributed by atoms with Gasteiger partial charge in [-0.05, 0) is 106 Å². The van der Waals surface area contributed by atoms with E-state index in [0.29, 0.717) is 62.6 Å². The zero-order valence-corrected chi connectivity index (χ0v) is 29.1. The number of aryl methyl sites for hydroxylation is 1. The normalized spacial score (nSPS) is 11.5. The molecule has 4 aromatic carbocycles. The summed E-state index contributed by atoms with van der Waals surface area (Å²) in [6, 6.07) is 23.2. The van der Waals surface area contributed by atoms with Gasteiger partial charge in [0.25, 0.3) is 5.56 Å². The van der Waals surface area contributed by atoms with E-state index in [0.717, 1.165) is 28.0 Å². The predicted molar refractivity (Wildman–Crippen MR) is 188 cm³/mol. The molecule has 5 rings (SSSR count). The van der Waals surface area contributed by atoms with Crippen LogP contribution >= 0.6 is 31.9 Å². The highest BCUT2D eigenvalue weighted by molar-refractivity contribution is 9.13. The lowest BCUT2D eigenvalue weighted by atomic mass is 9.96. The molecular weight excluding hydrogens is 698 g/mol. The van der Waals surface area contributed by atoms with Crippen LogP contribution in [0.4, 0.5) is 0 Å². The molecule has 0 aliphatic rings. The standard InChI is InChI=1S/C36H35Br2N3O4/c1-6-43-30-17-23(5)28(19-27(30)22(3)4)35-40-29-16-12-11-15-26(29)36(42)41(35)39-20-25-18-31(44-7-2)34(33(38)32(25)37)45-21-24-13-9-8-10-14-24/h8-20,22H,6-7,21H2,1-5H3. The van der Waals surface area contributed by atoms with Gasteiger partial charge in [0, 0.05) is 15.6 Å². The van der Waals surface area contributed by atoms with Crippen molar-refractivity contribution >= 4 is 49.0 Å². The van der Waals surface area contributed by atoms with Gasteiger partial charge < -0.3 is 14.2 Å². The molecule has 0 saturated heterocycles. The highest BCUT2D eigenvalue weighted by Crippen LogP contribution is 2.43. The molecule has 1 heterocycles. The lowest BCUT2D eigenvalue weighted by Gasteiger charge is -2.18. The second-order valence-electron chi connectivity index (χ2n) is 10.7. The zero-order chi connectivity index (χ0) is 32.1. The minimum absolute atomic E-state index is 0.197. The summed E-state index contributed by atoms with van der Waals surface area (Å²) in [5, 5.41) is 5.22. The van der Waals surface area contributed by atoms with Crippen molar-refractivity contribution in [3.05, 3.63) is 114 Å². The summed E-state index contributed by atoms with van der Waals surface area (Å²) in [6.07, 6.45) is 1.63. The summed E-state index contributed by atoms with van der Waals surface area (Å²) in [5.74, 6) is 2.60. The van der Waals surface area contributed by atoms with Gasteiger partial charge in [-0.15, -0.1) is 0 Å². The van der Waals surface area contributed by atoms with Crippen molar-refractivity contribution in [1.29, 1.82) is 0 Å². The lowest BCUT2D eigenvalue weighted by molar-refractivity contribution is 0.267. The molecule has 9 heteroatoms. The van der Waals surface area contributed by atoms with Crippen LogP contribution < -0.4 is 19.8 Å². The van der Waals surface area contributed by atoms with E-state index < -0.39 is 0 Å². The molecule has 0 amide bonds. The van der Waals surface area contributed by atoms with Gasteiger partial charge >= 0.3 is 0 Å². The van der Waals surface area contributed by atoms with Crippen LogP contribution in [0, 0.1) is 6.92 Å². The van der Waals surface area contributed by atoms with E-state index in [4.69, 9.17) is 24.3 Å². The van der Waals surface area contributed by atoms with E-state index in [9.17, 15) is 4.79 Å². The van der Waals surface area contributed by atoms with Gasteiger partial charge in [-0.25, -0.2) is 4.98 Å². The molecule has 0 aliphatic heterocycles. The summed E-state index contributed by atoms with van der Waals surface area (Å²) < 4.78 is 20.9. The van der Waals surface area contributed by atoms with Crippen LogP contribution in [0.3, 0.4) is 0 Å². The minimum Gasteiger partial charge on any atom is -0.494 e. The van der Waals surface area contributed by atoms with Crippen LogP contribution in [0.15, 0.2) is 91.6 Å². The Hall–Kier alpha value is -3.95. The van der Waals surface area contributed by atoms with Gasteiger partial charge in [0.15, 0.2) is 17.3 Å². The molecule has 45 heavy (non-hydrogen) atoms. The Morgan fingerprint density at radius 3 is 2.29 bits per heavy atom. The molecule has 232 valence electrons. The molecule has 7 nitrogen and oxygen atoms in total. The molecule has 1 aromatic heterocycles. The van der Waals surface area contributed by atoms with Crippen LogP contribution in [-0.4, -0.2) is 29.1 Å². The fourth-order valence-corrected chi connectivity index (χ4v) is 5.96. The smallest absolute Gasteiger partial charge is 0.282 e. The van der Waals surface area contributed by atoms with Gasteiger partial charge in [-0.1, -0.05) is 56.3 Å². The Morgan fingerprint density at radius 1 is 0.889 bits per heavy atom. The van der Waals surface area contributed by atoms with E-state index in [-0.39, 0.29) is 11.5 Å². The Kier molecular flexibility index (Phi) is 10.4. The number of benzene rings is 4. The molecule has 0 radical (unpaired) electrons. The van der Waals surface area contributed by atoms with Crippen molar-refractivity contribution < 1.29 is 14.2 Å². The van der Waals surface area contributed by atoms with Crippen molar-refractivity contribution in [3.63, 3.8) is 0 Å². The fraction of sp³-hybridized carbons (Fsp3) is 0.250. The minimum atomic E-state index is -0.269. The first-order valence-electron chi connectivity index (χ1n) is 14.9. The average Bonchev–Trinajstić information content (AvgIpc) is 3.03. The highest BCUT2D eigenvalue weighted by Gasteiger charge is 2.20. The van der Waals surface area contributed by atoms with E-state index in [2.05, 4.69) is 51.8 Å². The largest absolute Gasteiger partial charge is 0.494 e. The second-order valence-corrected chi connectivity index (χ2v) is 12.3. The highest BCUT2D eigenvalue weighted by atomic mass is 79.9. The third-order valence-corrected chi connectivity index (χ3v) is 9.41. The summed E-state index contributed by atoms with van der Waals surface area (Å²) in [5.41, 5.74) is 4.83. The van der Waals surface area contributed by atoms with E-state index in [1.54, 1.807) is 12.3 Å². The van der Waals surface area contributed by atoms with E-state index in [1.165, 1.54) is 4.68 Å². The monoisotopic (exact) mass is 731 g/mol. The van der Waals surface area contributed by atoms with Crippen LogP contribution in [0.5, 0.6) is 17.2 Å². The van der Waals surface area contributed by atoms with Gasteiger partial charge in [-0.3, -0.25) is 4.79 Å². The maximum absolute atomic E-state index is 14.0. The second kappa shape index (κ2) is 14.4. The first kappa shape index (κ1) is 32.4. The maximum atomic E-state index is 14.0. The van der Waals surface area contributed by atoms with Crippen molar-refractivity contribution in [2.75, 3.05) is 13.2 Å². The van der Waals surface area contributed by atoms with Crippen molar-refractivity contribution in [2.24, 2.45) is 5.10 Å². The molecule has 0 atom stereocenters. The summed E-state index contributed by atoms with van der Waals surface area (Å²) >= 11 is 7.40. The number of ether oxygens (including phenoxy) is 3. The van der Waals surface area contributed by atoms with Crippen LogP contribution in [0.2, 0.25) is 0 Å². The van der Waals surface area contributed by atoms with Gasteiger partial charge in [0.2, 0.25) is 0 Å². The fourth-order valence-electron chi connectivity index (χ4n) is 5.02. The van der Waals surface area contributed by atoms with Crippen LogP contribution in [0.1, 0.15) is 55.9 Å². The molecule has 0 N–H and O–H groups in total. The quantitative estimate of drug-likeness (QED) is 0.127. The third-order valence-electron chi connectivity index (χ3n) is 7.27. The Balaban J connectivity index is 1.64. The first-order chi connectivity index (χ1) is 21.7. The van der Waals surface area contributed by atoms with Gasteiger partial charge in [0.05, 0.1) is 34.8 Å². The Bertz CT molecular complexity index is 1920. The predicted octanol–water partition coefficient (Wildman–Crippen LogP) is 9.28.